The number of hydrogen-bond acceptors (Lipinski definition) is 5. The Morgan fingerprint density at radius 1 is 1.50 bits per heavy atom. The Bertz CT molecular complexity index is 511. The third-order valence-corrected chi connectivity index (χ3v) is 4.97. The van der Waals surface area contributed by atoms with Crippen molar-refractivity contribution >= 4 is 17.4 Å². The van der Waals surface area contributed by atoms with E-state index in [0.29, 0.717) is 22.9 Å². The van der Waals surface area contributed by atoms with Gasteiger partial charge in [0.2, 0.25) is 0 Å². The van der Waals surface area contributed by atoms with Gasteiger partial charge in [-0.05, 0) is 49.6 Å². The second-order valence-electron chi connectivity index (χ2n) is 5.40. The second-order valence-corrected chi connectivity index (χ2v) is 6.16. The molecule has 0 unspecified atom stereocenters. The molecule has 108 valence electrons. The minimum absolute atomic E-state index is 0.201. The quantitative estimate of drug-likeness (QED) is 0.925. The highest BCUT2D eigenvalue weighted by Gasteiger charge is 2.37. The number of hydrogen-bond donors (Lipinski definition) is 1. The normalized spacial score (nSPS) is 25.9. The predicted molar refractivity (Wildman–Crippen MR) is 77.3 cm³/mol. The Hall–Kier alpha value is -1.48. The highest BCUT2D eigenvalue weighted by atomic mass is 32.1. The summed E-state index contributed by atoms with van der Waals surface area (Å²) in [5, 5.41) is 16.4. The molecular formula is C14H20N4OS. The molecule has 1 aromatic rings. The molecule has 0 saturated heterocycles. The molecule has 0 aliphatic heterocycles. The van der Waals surface area contributed by atoms with Gasteiger partial charge in [-0.1, -0.05) is 24.8 Å². The van der Waals surface area contributed by atoms with Gasteiger partial charge >= 0.3 is 0 Å². The predicted octanol–water partition coefficient (Wildman–Crippen LogP) is 2.69. The lowest BCUT2D eigenvalue weighted by atomic mass is 9.76. The van der Waals surface area contributed by atoms with Crippen LogP contribution >= 0.6 is 11.5 Å². The fourth-order valence-corrected chi connectivity index (χ4v) is 3.38. The van der Waals surface area contributed by atoms with Crippen molar-refractivity contribution in [3.05, 3.63) is 10.6 Å². The number of carbonyl (C=O) groups excluding carboxylic acids is 1. The zero-order valence-electron chi connectivity index (χ0n) is 12.0. The van der Waals surface area contributed by atoms with Crippen molar-refractivity contribution < 1.29 is 4.79 Å². The molecule has 20 heavy (non-hydrogen) atoms. The Labute approximate surface area is 123 Å². The van der Waals surface area contributed by atoms with Gasteiger partial charge in [0.1, 0.15) is 10.4 Å². The maximum Gasteiger partial charge on any atom is 0.266 e. The summed E-state index contributed by atoms with van der Waals surface area (Å²) in [6, 6.07) is 2.32. The molecule has 1 amide bonds. The topological polar surface area (TPSA) is 78.7 Å². The number of amides is 1. The minimum atomic E-state index is -0.711. The molecule has 0 radical (unpaired) electrons. The van der Waals surface area contributed by atoms with Gasteiger partial charge in [0.25, 0.3) is 5.91 Å². The van der Waals surface area contributed by atoms with Crippen LogP contribution in [0.3, 0.4) is 0 Å². The van der Waals surface area contributed by atoms with Crippen LogP contribution in [-0.2, 0) is 6.42 Å². The van der Waals surface area contributed by atoms with Crippen LogP contribution in [0.15, 0.2) is 0 Å². The summed E-state index contributed by atoms with van der Waals surface area (Å²) >= 11 is 1.10. The average molecular weight is 292 g/mol. The van der Waals surface area contributed by atoms with Gasteiger partial charge in [0.05, 0.1) is 11.8 Å². The molecular weight excluding hydrogens is 272 g/mol. The minimum Gasteiger partial charge on any atom is -0.333 e. The summed E-state index contributed by atoms with van der Waals surface area (Å²) in [6.07, 6.45) is 5.31. The molecule has 0 aromatic carbocycles. The van der Waals surface area contributed by atoms with Gasteiger partial charge in [0.15, 0.2) is 0 Å². The Balaban J connectivity index is 2.08. The third kappa shape index (κ3) is 2.98. The van der Waals surface area contributed by atoms with Gasteiger partial charge in [-0.15, -0.1) is 5.10 Å². The summed E-state index contributed by atoms with van der Waals surface area (Å²) in [5.41, 5.74) is 0.000397. The van der Waals surface area contributed by atoms with Crippen molar-refractivity contribution in [2.24, 2.45) is 5.92 Å². The maximum absolute atomic E-state index is 12.3. The van der Waals surface area contributed by atoms with E-state index in [-0.39, 0.29) is 5.91 Å². The van der Waals surface area contributed by atoms with E-state index in [1.807, 2.05) is 6.92 Å². The Morgan fingerprint density at radius 2 is 2.20 bits per heavy atom. The van der Waals surface area contributed by atoms with Crippen molar-refractivity contribution in [3.8, 4) is 6.07 Å². The van der Waals surface area contributed by atoms with Gasteiger partial charge < -0.3 is 5.32 Å². The van der Waals surface area contributed by atoms with Crippen LogP contribution in [0.4, 0.5) is 0 Å². The van der Waals surface area contributed by atoms with E-state index in [1.54, 1.807) is 0 Å². The monoisotopic (exact) mass is 292 g/mol. The molecule has 0 bridgehead atoms. The molecule has 1 saturated carbocycles. The molecule has 1 N–H and O–H groups in total. The van der Waals surface area contributed by atoms with Gasteiger partial charge in [0, 0.05) is 0 Å². The van der Waals surface area contributed by atoms with E-state index in [9.17, 15) is 10.1 Å². The van der Waals surface area contributed by atoms with E-state index in [1.165, 1.54) is 0 Å². The molecule has 1 aliphatic carbocycles. The smallest absolute Gasteiger partial charge is 0.266 e. The van der Waals surface area contributed by atoms with E-state index >= 15 is 0 Å². The molecule has 0 atom stereocenters. The number of carbonyl (C=O) groups is 1. The number of rotatable bonds is 4. The molecule has 1 heterocycles. The highest BCUT2D eigenvalue weighted by molar-refractivity contribution is 7.08. The van der Waals surface area contributed by atoms with E-state index in [2.05, 4.69) is 27.9 Å². The molecule has 5 nitrogen and oxygen atoms in total. The van der Waals surface area contributed by atoms with Gasteiger partial charge in [-0.25, -0.2) is 0 Å². The van der Waals surface area contributed by atoms with Crippen LogP contribution < -0.4 is 5.32 Å². The number of nitrogens with one attached hydrogen (secondary N) is 1. The fraction of sp³-hybridized carbons (Fsp3) is 0.714. The summed E-state index contributed by atoms with van der Waals surface area (Å²) in [6.45, 7) is 4.12. The molecule has 0 spiro atoms. The molecule has 2 rings (SSSR count). The lowest BCUT2D eigenvalue weighted by Crippen LogP contribution is -2.49. The first kappa shape index (κ1) is 14.9. The third-order valence-electron chi connectivity index (χ3n) is 4.20. The van der Waals surface area contributed by atoms with E-state index < -0.39 is 5.54 Å². The number of aryl methyl sites for hydroxylation is 1. The van der Waals surface area contributed by atoms with Crippen molar-refractivity contribution in [1.29, 1.82) is 5.26 Å². The molecule has 1 aromatic heterocycles. The summed E-state index contributed by atoms with van der Waals surface area (Å²) < 4.78 is 3.83. The van der Waals surface area contributed by atoms with Crippen molar-refractivity contribution in [1.82, 2.24) is 14.9 Å². The van der Waals surface area contributed by atoms with Gasteiger partial charge in [-0.3, -0.25) is 4.79 Å². The summed E-state index contributed by atoms with van der Waals surface area (Å²) in [7, 11) is 0. The highest BCUT2D eigenvalue weighted by Crippen LogP contribution is 2.33. The van der Waals surface area contributed by atoms with E-state index in [0.717, 1.165) is 43.6 Å². The lowest BCUT2D eigenvalue weighted by molar-refractivity contribution is 0.0894. The number of nitrogens with zero attached hydrogens (tertiary/aromatic N) is 3. The molecule has 1 aliphatic rings. The molecule has 1 fully saturated rings. The Morgan fingerprint density at radius 3 is 2.75 bits per heavy atom. The standard InChI is InChI=1S/C14H20N4OS/c1-3-10-5-7-14(9-15,8-6-10)16-13(19)12-11(4-2)17-18-20-12/h10H,3-8H2,1-2H3,(H,16,19). The molecule has 6 heteroatoms. The van der Waals surface area contributed by atoms with Crippen LogP contribution in [-0.4, -0.2) is 21.0 Å². The largest absolute Gasteiger partial charge is 0.333 e. The van der Waals surface area contributed by atoms with Crippen molar-refractivity contribution in [2.75, 3.05) is 0 Å². The number of nitriles is 1. The van der Waals surface area contributed by atoms with Crippen LogP contribution in [0.5, 0.6) is 0 Å². The Kier molecular flexibility index (Phi) is 4.71. The maximum atomic E-state index is 12.3. The zero-order valence-corrected chi connectivity index (χ0v) is 12.8. The van der Waals surface area contributed by atoms with Crippen LogP contribution in [0, 0.1) is 17.2 Å². The van der Waals surface area contributed by atoms with Crippen LogP contribution in [0.25, 0.3) is 0 Å². The van der Waals surface area contributed by atoms with Gasteiger partial charge in [-0.2, -0.15) is 5.26 Å². The van der Waals surface area contributed by atoms with Crippen molar-refractivity contribution in [2.45, 2.75) is 57.9 Å². The zero-order chi connectivity index (χ0) is 14.6. The van der Waals surface area contributed by atoms with Crippen LogP contribution in [0.2, 0.25) is 0 Å². The summed E-state index contributed by atoms with van der Waals surface area (Å²) in [5.74, 6) is 0.484. The van der Waals surface area contributed by atoms with E-state index in [4.69, 9.17) is 0 Å². The van der Waals surface area contributed by atoms with Crippen molar-refractivity contribution in [3.63, 3.8) is 0 Å². The lowest BCUT2D eigenvalue weighted by Gasteiger charge is -2.35. The first-order valence-corrected chi connectivity index (χ1v) is 7.96. The second kappa shape index (κ2) is 6.31. The first-order chi connectivity index (χ1) is 9.64. The summed E-state index contributed by atoms with van der Waals surface area (Å²) in [4.78, 5) is 12.9. The SMILES string of the molecule is CCc1nnsc1C(=O)NC1(C#N)CCC(CC)CC1. The fourth-order valence-electron chi connectivity index (χ4n) is 2.73. The number of aromatic nitrogens is 2. The first-order valence-electron chi connectivity index (χ1n) is 7.19. The van der Waals surface area contributed by atoms with Crippen LogP contribution in [0.1, 0.15) is 61.3 Å². The average Bonchev–Trinajstić information content (AvgIpc) is 2.96.